The van der Waals surface area contributed by atoms with E-state index in [9.17, 15) is 9.18 Å². The topological polar surface area (TPSA) is 74.4 Å². The molecule has 2 atom stereocenters. The SMILES string of the molecule is Cc1ccc(F)c2c1NC(C(=O)Nc1cccc(C3NCNO3)c1)C2. The predicted octanol–water partition coefficient (Wildman–Crippen LogP) is 2.19. The molecule has 0 saturated carbocycles. The molecule has 2 aliphatic rings. The zero-order valence-corrected chi connectivity index (χ0v) is 13.7. The molecule has 0 radical (unpaired) electrons. The number of aryl methyl sites for hydroxylation is 1. The molecule has 2 heterocycles. The fourth-order valence-corrected chi connectivity index (χ4v) is 3.22. The van der Waals surface area contributed by atoms with Crippen LogP contribution >= 0.6 is 0 Å². The van der Waals surface area contributed by atoms with E-state index >= 15 is 0 Å². The van der Waals surface area contributed by atoms with Crippen LogP contribution in [0.4, 0.5) is 15.8 Å². The van der Waals surface area contributed by atoms with E-state index in [1.54, 1.807) is 6.07 Å². The molecule has 0 aromatic heterocycles. The minimum atomic E-state index is -0.489. The molecule has 2 aliphatic heterocycles. The van der Waals surface area contributed by atoms with Gasteiger partial charge in [0, 0.05) is 23.4 Å². The molecule has 130 valence electrons. The molecule has 1 fully saturated rings. The number of benzene rings is 2. The zero-order valence-electron chi connectivity index (χ0n) is 13.7. The Kier molecular flexibility index (Phi) is 4.12. The molecule has 0 spiro atoms. The first-order chi connectivity index (χ1) is 12.1. The average Bonchev–Trinajstić information content (AvgIpc) is 3.28. The summed E-state index contributed by atoms with van der Waals surface area (Å²) in [5, 5.41) is 9.16. The first kappa shape index (κ1) is 16.0. The molecule has 1 saturated heterocycles. The van der Waals surface area contributed by atoms with E-state index in [4.69, 9.17) is 4.84 Å². The van der Waals surface area contributed by atoms with Gasteiger partial charge in [-0.15, -0.1) is 0 Å². The van der Waals surface area contributed by atoms with Crippen molar-refractivity contribution in [1.82, 2.24) is 10.8 Å². The van der Waals surface area contributed by atoms with Gasteiger partial charge in [-0.2, -0.15) is 5.48 Å². The van der Waals surface area contributed by atoms with Crippen LogP contribution in [0, 0.1) is 12.7 Å². The maximum atomic E-state index is 14.0. The van der Waals surface area contributed by atoms with Crippen LogP contribution in [0.3, 0.4) is 0 Å². The van der Waals surface area contributed by atoms with Gasteiger partial charge in [0.1, 0.15) is 11.9 Å². The third-order valence-electron chi connectivity index (χ3n) is 4.53. The quantitative estimate of drug-likeness (QED) is 0.688. The van der Waals surface area contributed by atoms with Crippen LogP contribution < -0.4 is 21.4 Å². The first-order valence-corrected chi connectivity index (χ1v) is 8.19. The number of hydrogen-bond donors (Lipinski definition) is 4. The van der Waals surface area contributed by atoms with Gasteiger partial charge in [-0.3, -0.25) is 14.9 Å². The number of fused-ring (bicyclic) bond motifs is 1. The van der Waals surface area contributed by atoms with E-state index in [0.717, 1.165) is 16.8 Å². The largest absolute Gasteiger partial charge is 0.373 e. The molecule has 1 amide bonds. The lowest BCUT2D eigenvalue weighted by Gasteiger charge is -2.14. The zero-order chi connectivity index (χ0) is 17.4. The summed E-state index contributed by atoms with van der Waals surface area (Å²) >= 11 is 0. The molecule has 7 heteroatoms. The summed E-state index contributed by atoms with van der Waals surface area (Å²) in [5.74, 6) is -0.465. The number of rotatable bonds is 3. The second kappa shape index (κ2) is 6.44. The van der Waals surface area contributed by atoms with Crippen molar-refractivity contribution < 1.29 is 14.0 Å². The molecule has 2 aromatic carbocycles. The molecule has 6 nitrogen and oxygen atoms in total. The molecule has 0 bridgehead atoms. The van der Waals surface area contributed by atoms with Crippen molar-refractivity contribution in [2.75, 3.05) is 17.3 Å². The Morgan fingerprint density at radius 3 is 2.96 bits per heavy atom. The number of carbonyl (C=O) groups is 1. The van der Waals surface area contributed by atoms with Gasteiger partial charge in [-0.1, -0.05) is 18.2 Å². The van der Waals surface area contributed by atoms with Crippen LogP contribution in [0.15, 0.2) is 36.4 Å². The lowest BCUT2D eigenvalue weighted by Crippen LogP contribution is -2.33. The Morgan fingerprint density at radius 2 is 2.20 bits per heavy atom. The molecule has 25 heavy (non-hydrogen) atoms. The van der Waals surface area contributed by atoms with E-state index in [0.29, 0.717) is 24.3 Å². The highest BCUT2D eigenvalue weighted by Gasteiger charge is 2.30. The smallest absolute Gasteiger partial charge is 0.247 e. The van der Waals surface area contributed by atoms with Gasteiger partial charge in [-0.25, -0.2) is 4.39 Å². The highest BCUT2D eigenvalue weighted by Crippen LogP contribution is 2.32. The summed E-state index contributed by atoms with van der Waals surface area (Å²) in [6, 6.07) is 10.1. The normalized spacial score (nSPS) is 21.7. The number of carbonyl (C=O) groups excluding carboxylic acids is 1. The standard InChI is InChI=1S/C18H19FN4O2/c1-10-5-6-14(19)13-8-15(23-16(10)13)17(24)22-12-4-2-3-11(7-12)18-20-9-21-25-18/h2-7,15,18,20-21,23H,8-9H2,1H3,(H,22,24). The summed E-state index contributed by atoms with van der Waals surface area (Å²) < 4.78 is 14.0. The molecule has 2 aromatic rings. The Morgan fingerprint density at radius 1 is 1.32 bits per heavy atom. The highest BCUT2D eigenvalue weighted by atomic mass is 19.1. The lowest BCUT2D eigenvalue weighted by molar-refractivity contribution is -0.116. The Bertz CT molecular complexity index is 790. The van der Waals surface area contributed by atoms with Crippen LogP contribution in [-0.4, -0.2) is 18.6 Å². The summed E-state index contributed by atoms with van der Waals surface area (Å²) in [4.78, 5) is 17.9. The van der Waals surface area contributed by atoms with E-state index in [1.165, 1.54) is 6.07 Å². The van der Waals surface area contributed by atoms with Crippen LogP contribution in [0.1, 0.15) is 22.9 Å². The number of nitrogens with one attached hydrogen (secondary N) is 4. The minimum Gasteiger partial charge on any atom is -0.373 e. The van der Waals surface area contributed by atoms with Gasteiger partial charge in [0.25, 0.3) is 0 Å². The van der Waals surface area contributed by atoms with Gasteiger partial charge in [-0.05, 0) is 36.2 Å². The van der Waals surface area contributed by atoms with Crippen molar-refractivity contribution in [3.8, 4) is 0 Å². The summed E-state index contributed by atoms with van der Waals surface area (Å²) in [6.45, 7) is 2.47. The summed E-state index contributed by atoms with van der Waals surface area (Å²) in [7, 11) is 0. The Hall–Kier alpha value is -2.48. The first-order valence-electron chi connectivity index (χ1n) is 8.19. The summed E-state index contributed by atoms with van der Waals surface area (Å²) in [5.41, 5.74) is 6.57. The van der Waals surface area contributed by atoms with Gasteiger partial charge >= 0.3 is 0 Å². The Labute approximate surface area is 144 Å². The third kappa shape index (κ3) is 3.09. The second-order valence-electron chi connectivity index (χ2n) is 6.26. The molecule has 4 rings (SSSR count). The van der Waals surface area contributed by atoms with E-state index in [-0.39, 0.29) is 18.0 Å². The lowest BCUT2D eigenvalue weighted by atomic mass is 10.1. The summed E-state index contributed by atoms with van der Waals surface area (Å²) in [6.07, 6.45) is 0.0911. The maximum Gasteiger partial charge on any atom is 0.247 e. The molecular weight excluding hydrogens is 323 g/mol. The van der Waals surface area contributed by atoms with E-state index in [2.05, 4.69) is 21.4 Å². The van der Waals surface area contributed by atoms with Gasteiger partial charge in [0.2, 0.25) is 5.91 Å². The van der Waals surface area contributed by atoms with Crippen molar-refractivity contribution in [3.05, 3.63) is 58.9 Å². The Balaban J connectivity index is 1.47. The fourth-order valence-electron chi connectivity index (χ4n) is 3.22. The van der Waals surface area contributed by atoms with Gasteiger partial charge < -0.3 is 10.6 Å². The number of amides is 1. The number of hydrogen-bond acceptors (Lipinski definition) is 5. The van der Waals surface area contributed by atoms with Gasteiger partial charge in [0.15, 0.2) is 6.23 Å². The maximum absolute atomic E-state index is 14.0. The van der Waals surface area contributed by atoms with Crippen molar-refractivity contribution in [2.45, 2.75) is 25.6 Å². The van der Waals surface area contributed by atoms with Crippen LogP contribution in [-0.2, 0) is 16.1 Å². The molecule has 4 N–H and O–H groups in total. The number of hydroxylamine groups is 1. The van der Waals surface area contributed by atoms with Crippen molar-refractivity contribution in [1.29, 1.82) is 0 Å². The van der Waals surface area contributed by atoms with Crippen LogP contribution in [0.2, 0.25) is 0 Å². The molecular formula is C18H19FN4O2. The van der Waals surface area contributed by atoms with Gasteiger partial charge in [0.05, 0.1) is 6.67 Å². The fraction of sp³-hybridized carbons (Fsp3) is 0.278. The van der Waals surface area contributed by atoms with Crippen LogP contribution in [0.25, 0.3) is 0 Å². The number of halogens is 1. The third-order valence-corrected chi connectivity index (χ3v) is 4.53. The number of anilines is 2. The van der Waals surface area contributed by atoms with Crippen LogP contribution in [0.5, 0.6) is 0 Å². The highest BCUT2D eigenvalue weighted by molar-refractivity contribution is 5.98. The van der Waals surface area contributed by atoms with Crippen molar-refractivity contribution in [2.24, 2.45) is 0 Å². The molecule has 0 aliphatic carbocycles. The monoisotopic (exact) mass is 342 g/mol. The molecule has 2 unspecified atom stereocenters. The van der Waals surface area contributed by atoms with E-state index < -0.39 is 6.04 Å². The predicted molar refractivity (Wildman–Crippen MR) is 92.3 cm³/mol. The van der Waals surface area contributed by atoms with E-state index in [1.807, 2.05) is 31.2 Å². The minimum absolute atomic E-state index is 0.189. The van der Waals surface area contributed by atoms with Crippen molar-refractivity contribution >= 4 is 17.3 Å². The van der Waals surface area contributed by atoms with Crippen molar-refractivity contribution in [3.63, 3.8) is 0 Å². The average molecular weight is 342 g/mol. The second-order valence-corrected chi connectivity index (χ2v) is 6.26.